The zero-order valence-corrected chi connectivity index (χ0v) is 13.0. The third-order valence-corrected chi connectivity index (χ3v) is 2.75. The number of ketones is 1. The predicted molar refractivity (Wildman–Crippen MR) is 80.7 cm³/mol. The minimum Gasteiger partial charge on any atom is -0.368 e. The van der Waals surface area contributed by atoms with Crippen molar-refractivity contribution in [2.45, 2.75) is 47.1 Å². The molecule has 0 aliphatic rings. The second-order valence-corrected chi connectivity index (χ2v) is 5.83. The molecule has 1 amide bonds. The maximum Gasteiger partial charge on any atom is 0.294 e. The molecule has 0 fully saturated rings. The van der Waals surface area contributed by atoms with Gasteiger partial charge in [0.25, 0.3) is 5.91 Å². The van der Waals surface area contributed by atoms with E-state index in [1.807, 2.05) is 13.8 Å². The third-order valence-electron chi connectivity index (χ3n) is 2.75. The Morgan fingerprint density at radius 3 is 2.29 bits per heavy atom. The molecule has 1 rings (SSSR count). The number of amides is 1. The van der Waals surface area contributed by atoms with Crippen molar-refractivity contribution in [3.05, 3.63) is 0 Å². The average Bonchev–Trinajstić information content (AvgIpc) is 2.35. The van der Waals surface area contributed by atoms with Crippen molar-refractivity contribution in [3.63, 3.8) is 0 Å². The average molecular weight is 294 g/mol. The van der Waals surface area contributed by atoms with Crippen LogP contribution in [0.1, 0.15) is 41.0 Å². The number of carbonyl (C=O) groups is 2. The van der Waals surface area contributed by atoms with Crippen LogP contribution in [0.4, 0.5) is 17.8 Å². The van der Waals surface area contributed by atoms with Gasteiger partial charge in [-0.2, -0.15) is 15.0 Å². The quantitative estimate of drug-likeness (QED) is 0.697. The third kappa shape index (κ3) is 4.97. The summed E-state index contributed by atoms with van der Waals surface area (Å²) < 4.78 is 0. The highest BCUT2D eigenvalue weighted by atomic mass is 16.2. The molecule has 1 aromatic heterocycles. The number of anilines is 3. The van der Waals surface area contributed by atoms with Crippen LogP contribution in [-0.4, -0.2) is 32.7 Å². The summed E-state index contributed by atoms with van der Waals surface area (Å²) in [5, 5.41) is 5.38. The van der Waals surface area contributed by atoms with Crippen LogP contribution >= 0.6 is 0 Å². The van der Waals surface area contributed by atoms with Gasteiger partial charge in [-0.1, -0.05) is 27.7 Å². The van der Waals surface area contributed by atoms with Gasteiger partial charge in [-0.25, -0.2) is 0 Å². The molecular formula is C13H22N6O2. The van der Waals surface area contributed by atoms with Crippen molar-refractivity contribution in [1.29, 1.82) is 0 Å². The number of hydrogen-bond donors (Lipinski definition) is 3. The van der Waals surface area contributed by atoms with Crippen LogP contribution in [0.3, 0.4) is 0 Å². The second-order valence-electron chi connectivity index (χ2n) is 5.83. The summed E-state index contributed by atoms with van der Waals surface area (Å²) >= 11 is 0. The lowest BCUT2D eigenvalue weighted by atomic mass is 9.90. The molecule has 0 spiro atoms. The molecule has 8 nitrogen and oxygen atoms in total. The van der Waals surface area contributed by atoms with E-state index in [0.717, 1.165) is 6.42 Å². The summed E-state index contributed by atoms with van der Waals surface area (Å²) in [5.41, 5.74) is 4.80. The first-order chi connectivity index (χ1) is 9.63. The predicted octanol–water partition coefficient (Wildman–Crippen LogP) is 1.22. The van der Waals surface area contributed by atoms with Gasteiger partial charge in [-0.05, 0) is 13.3 Å². The van der Waals surface area contributed by atoms with Gasteiger partial charge in [0.2, 0.25) is 23.6 Å². The molecule has 0 saturated heterocycles. The molecule has 0 aliphatic carbocycles. The van der Waals surface area contributed by atoms with Crippen molar-refractivity contribution in [1.82, 2.24) is 15.0 Å². The largest absolute Gasteiger partial charge is 0.368 e. The topological polar surface area (TPSA) is 123 Å². The smallest absolute Gasteiger partial charge is 0.294 e. The molecule has 0 aromatic carbocycles. The Morgan fingerprint density at radius 2 is 1.76 bits per heavy atom. The highest BCUT2D eigenvalue weighted by Crippen LogP contribution is 2.16. The molecule has 8 heteroatoms. The van der Waals surface area contributed by atoms with E-state index in [-0.39, 0.29) is 23.9 Å². The van der Waals surface area contributed by atoms with Crippen LogP contribution in [0.25, 0.3) is 0 Å². The van der Waals surface area contributed by atoms with Crippen LogP contribution in [-0.2, 0) is 9.59 Å². The van der Waals surface area contributed by atoms with Gasteiger partial charge < -0.3 is 11.1 Å². The summed E-state index contributed by atoms with van der Waals surface area (Å²) in [6, 6.07) is 0.145. The molecule has 1 heterocycles. The number of nitrogens with one attached hydrogen (secondary N) is 2. The maximum atomic E-state index is 11.8. The molecule has 21 heavy (non-hydrogen) atoms. The Kier molecular flexibility index (Phi) is 5.17. The van der Waals surface area contributed by atoms with Crippen molar-refractivity contribution in [2.75, 3.05) is 16.4 Å². The van der Waals surface area contributed by atoms with Gasteiger partial charge in [0.15, 0.2) is 0 Å². The number of Topliss-reactive ketones (excluding diaryl/α,β-unsaturated/α-hetero) is 1. The molecule has 1 unspecified atom stereocenters. The van der Waals surface area contributed by atoms with Gasteiger partial charge in [0, 0.05) is 11.5 Å². The minimum atomic E-state index is -0.777. The molecule has 0 radical (unpaired) electrons. The summed E-state index contributed by atoms with van der Waals surface area (Å²) in [5.74, 6) is -1.15. The van der Waals surface area contributed by atoms with Crippen LogP contribution in [0.5, 0.6) is 0 Å². The fourth-order valence-electron chi connectivity index (χ4n) is 1.33. The molecule has 116 valence electrons. The van der Waals surface area contributed by atoms with Crippen molar-refractivity contribution in [2.24, 2.45) is 5.41 Å². The molecule has 1 atom stereocenters. The highest BCUT2D eigenvalue weighted by Gasteiger charge is 2.28. The van der Waals surface area contributed by atoms with E-state index >= 15 is 0 Å². The lowest BCUT2D eigenvalue weighted by Gasteiger charge is -2.16. The SMILES string of the molecule is CCC(C)Nc1nc(N)nc(NC(=O)C(=O)C(C)(C)C)n1. The fourth-order valence-corrected chi connectivity index (χ4v) is 1.33. The van der Waals surface area contributed by atoms with Gasteiger partial charge in [-0.15, -0.1) is 0 Å². The zero-order chi connectivity index (χ0) is 16.2. The van der Waals surface area contributed by atoms with E-state index < -0.39 is 17.1 Å². The van der Waals surface area contributed by atoms with Crippen molar-refractivity contribution < 1.29 is 9.59 Å². The number of rotatable bonds is 5. The zero-order valence-electron chi connectivity index (χ0n) is 13.0. The Labute approximate surface area is 124 Å². The standard InChI is InChI=1S/C13H22N6O2/c1-6-7(2)15-11-17-10(14)18-12(19-11)16-9(21)8(20)13(3,4)5/h7H,6H2,1-5H3,(H4,14,15,16,17,18,19,21). The first-order valence-electron chi connectivity index (χ1n) is 6.77. The Bertz CT molecular complexity index is 538. The molecule has 0 bridgehead atoms. The number of nitrogen functional groups attached to an aromatic ring is 1. The summed E-state index contributed by atoms with van der Waals surface area (Å²) in [7, 11) is 0. The molecule has 1 aromatic rings. The Balaban J connectivity index is 2.89. The van der Waals surface area contributed by atoms with E-state index in [1.54, 1.807) is 20.8 Å². The van der Waals surface area contributed by atoms with Crippen LogP contribution in [0, 0.1) is 5.41 Å². The van der Waals surface area contributed by atoms with Gasteiger partial charge in [0.05, 0.1) is 0 Å². The molecule has 0 aliphatic heterocycles. The number of carbonyl (C=O) groups excluding carboxylic acids is 2. The number of nitrogens with two attached hydrogens (primary N) is 1. The minimum absolute atomic E-state index is 0.0330. The number of hydrogen-bond acceptors (Lipinski definition) is 7. The molecule has 4 N–H and O–H groups in total. The van der Waals surface area contributed by atoms with Gasteiger partial charge >= 0.3 is 0 Å². The van der Waals surface area contributed by atoms with E-state index in [4.69, 9.17) is 5.73 Å². The van der Waals surface area contributed by atoms with Crippen LogP contribution < -0.4 is 16.4 Å². The monoisotopic (exact) mass is 294 g/mol. The normalized spacial score (nSPS) is 12.6. The van der Waals surface area contributed by atoms with Gasteiger partial charge in [-0.3, -0.25) is 14.9 Å². The molecule has 0 saturated carbocycles. The van der Waals surface area contributed by atoms with Crippen molar-refractivity contribution >= 4 is 29.5 Å². The van der Waals surface area contributed by atoms with Crippen molar-refractivity contribution in [3.8, 4) is 0 Å². The van der Waals surface area contributed by atoms with E-state index in [0.29, 0.717) is 0 Å². The number of aromatic nitrogens is 3. The highest BCUT2D eigenvalue weighted by molar-refractivity contribution is 6.41. The maximum absolute atomic E-state index is 11.8. The van der Waals surface area contributed by atoms with Crippen LogP contribution in [0.2, 0.25) is 0 Å². The van der Waals surface area contributed by atoms with E-state index in [9.17, 15) is 9.59 Å². The number of nitrogens with zero attached hydrogens (tertiary/aromatic N) is 3. The summed E-state index contributed by atoms with van der Waals surface area (Å²) in [4.78, 5) is 35.4. The Morgan fingerprint density at radius 1 is 1.19 bits per heavy atom. The van der Waals surface area contributed by atoms with E-state index in [2.05, 4.69) is 25.6 Å². The lowest BCUT2D eigenvalue weighted by Crippen LogP contribution is -2.34. The van der Waals surface area contributed by atoms with Crippen LogP contribution in [0.15, 0.2) is 0 Å². The fraction of sp³-hybridized carbons (Fsp3) is 0.615. The second kappa shape index (κ2) is 6.47. The molecular weight excluding hydrogens is 272 g/mol. The summed E-state index contributed by atoms with van der Waals surface area (Å²) in [6.07, 6.45) is 0.871. The van der Waals surface area contributed by atoms with E-state index in [1.165, 1.54) is 0 Å². The lowest BCUT2D eigenvalue weighted by molar-refractivity contribution is -0.139. The first kappa shape index (κ1) is 16.8. The Hall–Kier alpha value is -2.25. The van der Waals surface area contributed by atoms with Gasteiger partial charge in [0.1, 0.15) is 0 Å². The summed E-state index contributed by atoms with van der Waals surface area (Å²) in [6.45, 7) is 8.94. The first-order valence-corrected chi connectivity index (χ1v) is 6.77.